The smallest absolute Gasteiger partial charge is 0.273 e. The van der Waals surface area contributed by atoms with Gasteiger partial charge in [-0.25, -0.2) is 4.99 Å². The first-order valence-electron chi connectivity index (χ1n) is 3.57. The first-order chi connectivity index (χ1) is 6.50. The minimum atomic E-state index is -0.626. The topological polar surface area (TPSA) is 128 Å². The summed E-state index contributed by atoms with van der Waals surface area (Å²) in [5, 5.41) is 19.6. The summed E-state index contributed by atoms with van der Waals surface area (Å²) in [5.74, 6) is -0.568. The van der Waals surface area contributed by atoms with Crippen molar-refractivity contribution in [3.05, 3.63) is 28.3 Å². The van der Waals surface area contributed by atoms with Crippen LogP contribution in [0, 0.1) is 10.1 Å². The van der Waals surface area contributed by atoms with E-state index < -0.39 is 4.92 Å². The standard InChI is InChI=1S/C7H8N4O3/c8-7(9)10-5-2-1-4(11(13)14)3-6(5)12/h1-3,12H,(H4,8,9,10). The third-order valence-corrected chi connectivity index (χ3v) is 1.42. The Morgan fingerprint density at radius 2 is 2.14 bits per heavy atom. The molecule has 0 saturated heterocycles. The summed E-state index contributed by atoms with van der Waals surface area (Å²) in [6.07, 6.45) is 0. The number of nitro groups is 1. The molecule has 0 aliphatic carbocycles. The Morgan fingerprint density at radius 1 is 1.50 bits per heavy atom. The van der Waals surface area contributed by atoms with Crippen LogP contribution in [0.2, 0.25) is 0 Å². The van der Waals surface area contributed by atoms with Gasteiger partial charge in [-0.05, 0) is 6.07 Å². The number of non-ortho nitro benzene ring substituents is 1. The molecule has 0 bridgehead atoms. The van der Waals surface area contributed by atoms with Gasteiger partial charge < -0.3 is 16.6 Å². The fraction of sp³-hybridized carbons (Fsp3) is 0. The monoisotopic (exact) mass is 196 g/mol. The first kappa shape index (κ1) is 9.78. The van der Waals surface area contributed by atoms with E-state index in [1.165, 1.54) is 12.1 Å². The molecular weight excluding hydrogens is 188 g/mol. The third kappa shape index (κ3) is 2.09. The predicted octanol–water partition coefficient (Wildman–Crippen LogP) is 0.205. The molecule has 0 radical (unpaired) electrons. The zero-order chi connectivity index (χ0) is 10.7. The molecule has 1 rings (SSSR count). The summed E-state index contributed by atoms with van der Waals surface area (Å²) in [7, 11) is 0. The van der Waals surface area contributed by atoms with Gasteiger partial charge in [0.15, 0.2) is 5.96 Å². The van der Waals surface area contributed by atoms with Crippen LogP contribution in [0.15, 0.2) is 23.2 Å². The van der Waals surface area contributed by atoms with Gasteiger partial charge in [0.1, 0.15) is 11.4 Å². The van der Waals surface area contributed by atoms with Crippen molar-refractivity contribution in [1.29, 1.82) is 0 Å². The first-order valence-corrected chi connectivity index (χ1v) is 3.57. The van der Waals surface area contributed by atoms with Crippen molar-refractivity contribution >= 4 is 17.3 Å². The Kier molecular flexibility index (Phi) is 2.52. The Bertz CT molecular complexity index is 398. The molecule has 0 spiro atoms. The molecule has 5 N–H and O–H groups in total. The summed E-state index contributed by atoms with van der Waals surface area (Å²) in [6, 6.07) is 3.43. The van der Waals surface area contributed by atoms with Gasteiger partial charge in [-0.3, -0.25) is 10.1 Å². The van der Waals surface area contributed by atoms with Crippen LogP contribution in [0.25, 0.3) is 0 Å². The lowest BCUT2D eigenvalue weighted by atomic mass is 10.2. The van der Waals surface area contributed by atoms with Crippen LogP contribution in [0.3, 0.4) is 0 Å². The largest absolute Gasteiger partial charge is 0.505 e. The van der Waals surface area contributed by atoms with Crippen LogP contribution in [0.5, 0.6) is 5.75 Å². The van der Waals surface area contributed by atoms with E-state index in [-0.39, 0.29) is 23.1 Å². The minimum absolute atomic E-state index is 0.0931. The van der Waals surface area contributed by atoms with Crippen LogP contribution in [-0.4, -0.2) is 16.0 Å². The van der Waals surface area contributed by atoms with Crippen molar-refractivity contribution in [2.24, 2.45) is 16.5 Å². The molecule has 7 nitrogen and oxygen atoms in total. The maximum Gasteiger partial charge on any atom is 0.273 e. The van der Waals surface area contributed by atoms with E-state index in [2.05, 4.69) is 4.99 Å². The molecule has 14 heavy (non-hydrogen) atoms. The molecule has 0 atom stereocenters. The number of hydrogen-bond acceptors (Lipinski definition) is 4. The highest BCUT2D eigenvalue weighted by Gasteiger charge is 2.09. The van der Waals surface area contributed by atoms with Crippen molar-refractivity contribution in [3.8, 4) is 5.75 Å². The zero-order valence-corrected chi connectivity index (χ0v) is 7.04. The number of nitro benzene ring substituents is 1. The van der Waals surface area contributed by atoms with E-state index in [1.807, 2.05) is 0 Å². The van der Waals surface area contributed by atoms with Crippen LogP contribution in [0.1, 0.15) is 0 Å². The van der Waals surface area contributed by atoms with Gasteiger partial charge in [0.05, 0.1) is 11.0 Å². The van der Waals surface area contributed by atoms with Gasteiger partial charge in [-0.1, -0.05) is 0 Å². The van der Waals surface area contributed by atoms with Crippen molar-refractivity contribution in [2.75, 3.05) is 0 Å². The third-order valence-electron chi connectivity index (χ3n) is 1.42. The number of benzene rings is 1. The van der Waals surface area contributed by atoms with E-state index in [1.54, 1.807) is 0 Å². The normalized spacial score (nSPS) is 9.43. The van der Waals surface area contributed by atoms with Gasteiger partial charge in [-0.15, -0.1) is 0 Å². The van der Waals surface area contributed by atoms with Gasteiger partial charge >= 0.3 is 0 Å². The molecule has 0 fully saturated rings. The number of nitrogens with zero attached hydrogens (tertiary/aromatic N) is 2. The molecule has 0 unspecified atom stereocenters. The molecule has 0 aliphatic rings. The van der Waals surface area contributed by atoms with Gasteiger partial charge in [0.25, 0.3) is 5.69 Å². The summed E-state index contributed by atoms with van der Waals surface area (Å²) >= 11 is 0. The second-order valence-corrected chi connectivity index (χ2v) is 2.47. The average Bonchev–Trinajstić information content (AvgIpc) is 2.07. The molecule has 0 aromatic heterocycles. The lowest BCUT2D eigenvalue weighted by Crippen LogP contribution is -2.21. The Balaban J connectivity index is 3.14. The van der Waals surface area contributed by atoms with E-state index in [0.717, 1.165) is 6.07 Å². The van der Waals surface area contributed by atoms with Gasteiger partial charge in [0, 0.05) is 6.07 Å². The second kappa shape index (κ2) is 3.60. The number of aliphatic imine (C=N–C) groups is 1. The lowest BCUT2D eigenvalue weighted by molar-refractivity contribution is -0.384. The Labute approximate surface area is 78.8 Å². The molecule has 74 valence electrons. The molecule has 0 amide bonds. The highest BCUT2D eigenvalue weighted by atomic mass is 16.6. The maximum absolute atomic E-state index is 10.3. The summed E-state index contributed by atoms with van der Waals surface area (Å²) in [4.78, 5) is 13.2. The summed E-state index contributed by atoms with van der Waals surface area (Å²) < 4.78 is 0. The molecule has 1 aromatic rings. The number of phenols is 1. The SMILES string of the molecule is NC(N)=Nc1ccc([N+](=O)[O-])cc1O. The summed E-state index contributed by atoms with van der Waals surface area (Å²) in [5.41, 5.74) is 10.0. The highest BCUT2D eigenvalue weighted by Crippen LogP contribution is 2.29. The maximum atomic E-state index is 10.3. The van der Waals surface area contributed by atoms with Crippen molar-refractivity contribution in [1.82, 2.24) is 0 Å². The summed E-state index contributed by atoms with van der Waals surface area (Å²) in [6.45, 7) is 0. The Hall–Kier alpha value is -2.31. The van der Waals surface area contributed by atoms with Gasteiger partial charge in [-0.2, -0.15) is 0 Å². The van der Waals surface area contributed by atoms with Crippen molar-refractivity contribution in [3.63, 3.8) is 0 Å². The van der Waals surface area contributed by atoms with Crippen molar-refractivity contribution in [2.45, 2.75) is 0 Å². The predicted molar refractivity (Wildman–Crippen MR) is 50.2 cm³/mol. The number of phenolic OH excluding ortho intramolecular Hbond substituents is 1. The van der Waals surface area contributed by atoms with E-state index in [0.29, 0.717) is 0 Å². The molecule has 0 saturated carbocycles. The number of aromatic hydroxyl groups is 1. The molecule has 7 heteroatoms. The van der Waals surface area contributed by atoms with Crippen LogP contribution >= 0.6 is 0 Å². The Morgan fingerprint density at radius 3 is 2.57 bits per heavy atom. The number of hydrogen-bond donors (Lipinski definition) is 3. The van der Waals surface area contributed by atoms with E-state index in [4.69, 9.17) is 11.5 Å². The van der Waals surface area contributed by atoms with Gasteiger partial charge in [0.2, 0.25) is 0 Å². The second-order valence-electron chi connectivity index (χ2n) is 2.47. The van der Waals surface area contributed by atoms with Crippen LogP contribution in [0.4, 0.5) is 11.4 Å². The lowest BCUT2D eigenvalue weighted by Gasteiger charge is -1.98. The molecule has 0 heterocycles. The fourth-order valence-electron chi connectivity index (χ4n) is 0.859. The number of guanidine groups is 1. The molecule has 0 aliphatic heterocycles. The number of nitrogens with two attached hydrogens (primary N) is 2. The average molecular weight is 196 g/mol. The van der Waals surface area contributed by atoms with E-state index in [9.17, 15) is 15.2 Å². The number of rotatable bonds is 2. The molecular formula is C7H8N4O3. The van der Waals surface area contributed by atoms with E-state index >= 15 is 0 Å². The van der Waals surface area contributed by atoms with Crippen LogP contribution in [-0.2, 0) is 0 Å². The molecule has 1 aromatic carbocycles. The zero-order valence-electron chi connectivity index (χ0n) is 7.04. The highest BCUT2D eigenvalue weighted by molar-refractivity contribution is 5.80. The minimum Gasteiger partial charge on any atom is -0.505 e. The quantitative estimate of drug-likeness (QED) is 0.269. The fourth-order valence-corrected chi connectivity index (χ4v) is 0.859. The van der Waals surface area contributed by atoms with Crippen LogP contribution < -0.4 is 11.5 Å². The van der Waals surface area contributed by atoms with Crippen molar-refractivity contribution < 1.29 is 10.0 Å².